The van der Waals surface area contributed by atoms with Gasteiger partial charge in [0.1, 0.15) is 0 Å². The molecule has 3 nitrogen and oxygen atoms in total. The number of rotatable bonds is 2. The molecule has 2 rings (SSSR count). The number of likely N-dealkylation sites (tertiary alicyclic amines) is 1. The van der Waals surface area contributed by atoms with Crippen molar-refractivity contribution in [3.05, 3.63) is 11.6 Å². The van der Waals surface area contributed by atoms with Crippen LogP contribution in [0.2, 0.25) is 0 Å². The predicted molar refractivity (Wildman–Crippen MR) is 52.6 cm³/mol. The van der Waals surface area contributed by atoms with E-state index in [2.05, 4.69) is 11.0 Å². The van der Waals surface area contributed by atoms with Crippen LogP contribution in [-0.2, 0) is 4.74 Å². The quantitative estimate of drug-likeness (QED) is 0.627. The molecule has 0 aromatic carbocycles. The summed E-state index contributed by atoms with van der Waals surface area (Å²) < 4.78 is 5.27. The molecule has 2 heterocycles. The summed E-state index contributed by atoms with van der Waals surface area (Å²) in [4.78, 5) is 2.45. The average molecular weight is 182 g/mol. The summed E-state index contributed by atoms with van der Waals surface area (Å²) in [7, 11) is 0. The van der Waals surface area contributed by atoms with Crippen molar-refractivity contribution >= 4 is 0 Å². The molecule has 0 spiro atoms. The zero-order valence-corrected chi connectivity index (χ0v) is 8.04. The van der Waals surface area contributed by atoms with Crippen LogP contribution in [0.5, 0.6) is 0 Å². The van der Waals surface area contributed by atoms with Gasteiger partial charge in [-0.3, -0.25) is 4.90 Å². The maximum Gasteiger partial charge on any atom is 0.0650 e. The number of ether oxygens (including phenoxy) is 1. The maximum absolute atomic E-state index is 5.84. The molecule has 0 aromatic rings. The first kappa shape index (κ1) is 9.19. The van der Waals surface area contributed by atoms with Crippen LogP contribution in [0.15, 0.2) is 11.6 Å². The van der Waals surface area contributed by atoms with Gasteiger partial charge in [-0.05, 0) is 12.8 Å². The summed E-state index contributed by atoms with van der Waals surface area (Å²) >= 11 is 0. The first-order chi connectivity index (χ1) is 6.34. The zero-order chi connectivity index (χ0) is 9.10. The Kier molecular flexibility index (Phi) is 2.98. The summed E-state index contributed by atoms with van der Waals surface area (Å²) in [5.74, 6) is 0. The molecule has 1 fully saturated rings. The van der Waals surface area contributed by atoms with Crippen molar-refractivity contribution in [1.82, 2.24) is 4.90 Å². The van der Waals surface area contributed by atoms with Gasteiger partial charge in [-0.1, -0.05) is 11.6 Å². The molecule has 1 atom stereocenters. The summed E-state index contributed by atoms with van der Waals surface area (Å²) in [6.07, 6.45) is 4.48. The summed E-state index contributed by atoms with van der Waals surface area (Å²) in [5.41, 5.74) is 7.37. The highest BCUT2D eigenvalue weighted by Gasteiger charge is 2.19. The SMILES string of the molecule is NC1CCN(CC2=CCOCC2)C1. The summed E-state index contributed by atoms with van der Waals surface area (Å²) in [6, 6.07) is 0.403. The van der Waals surface area contributed by atoms with Crippen LogP contribution < -0.4 is 5.73 Å². The zero-order valence-electron chi connectivity index (χ0n) is 8.04. The van der Waals surface area contributed by atoms with Crippen molar-refractivity contribution in [2.75, 3.05) is 32.8 Å². The smallest absolute Gasteiger partial charge is 0.0650 e. The van der Waals surface area contributed by atoms with Crippen LogP contribution in [0.1, 0.15) is 12.8 Å². The number of nitrogens with two attached hydrogens (primary N) is 1. The van der Waals surface area contributed by atoms with Gasteiger partial charge in [-0.15, -0.1) is 0 Å². The van der Waals surface area contributed by atoms with E-state index in [-0.39, 0.29) is 0 Å². The van der Waals surface area contributed by atoms with E-state index in [0.29, 0.717) is 6.04 Å². The number of nitrogens with zero attached hydrogens (tertiary/aromatic N) is 1. The van der Waals surface area contributed by atoms with Crippen molar-refractivity contribution in [2.45, 2.75) is 18.9 Å². The van der Waals surface area contributed by atoms with Gasteiger partial charge in [0.25, 0.3) is 0 Å². The Morgan fingerprint density at radius 1 is 1.62 bits per heavy atom. The largest absolute Gasteiger partial charge is 0.377 e. The van der Waals surface area contributed by atoms with E-state index in [0.717, 1.165) is 39.1 Å². The minimum absolute atomic E-state index is 0.403. The third-order valence-corrected chi connectivity index (χ3v) is 2.79. The van der Waals surface area contributed by atoms with Gasteiger partial charge in [0, 0.05) is 25.7 Å². The van der Waals surface area contributed by atoms with Crippen LogP contribution in [-0.4, -0.2) is 43.8 Å². The third kappa shape index (κ3) is 2.53. The Balaban J connectivity index is 1.80. The lowest BCUT2D eigenvalue weighted by Gasteiger charge is -2.20. The Hall–Kier alpha value is -0.380. The molecular formula is C10H18N2O. The standard InChI is InChI=1S/C10H18N2O/c11-10-1-4-12(8-10)7-9-2-5-13-6-3-9/h2,10H,1,3-8,11H2. The van der Waals surface area contributed by atoms with Crippen molar-refractivity contribution in [3.63, 3.8) is 0 Å². The highest BCUT2D eigenvalue weighted by atomic mass is 16.5. The van der Waals surface area contributed by atoms with Crippen LogP contribution in [0.3, 0.4) is 0 Å². The van der Waals surface area contributed by atoms with Gasteiger partial charge in [-0.2, -0.15) is 0 Å². The second-order valence-electron chi connectivity index (χ2n) is 3.97. The fourth-order valence-corrected chi connectivity index (χ4v) is 2.00. The van der Waals surface area contributed by atoms with Crippen molar-refractivity contribution < 1.29 is 4.74 Å². The normalized spacial score (nSPS) is 30.5. The Morgan fingerprint density at radius 2 is 2.54 bits per heavy atom. The monoisotopic (exact) mass is 182 g/mol. The Morgan fingerprint density at radius 3 is 3.15 bits per heavy atom. The van der Waals surface area contributed by atoms with E-state index >= 15 is 0 Å². The predicted octanol–water partition coefficient (Wildman–Crippen LogP) is 0.366. The molecule has 2 N–H and O–H groups in total. The highest BCUT2D eigenvalue weighted by Crippen LogP contribution is 2.13. The molecule has 1 saturated heterocycles. The van der Waals surface area contributed by atoms with Crippen molar-refractivity contribution in [3.8, 4) is 0 Å². The van der Waals surface area contributed by atoms with Gasteiger partial charge in [0.05, 0.1) is 13.2 Å². The fourth-order valence-electron chi connectivity index (χ4n) is 2.00. The number of hydrogen-bond donors (Lipinski definition) is 1. The lowest BCUT2D eigenvalue weighted by atomic mass is 10.1. The van der Waals surface area contributed by atoms with Crippen LogP contribution in [0.25, 0.3) is 0 Å². The Bertz CT molecular complexity index is 203. The molecule has 1 unspecified atom stereocenters. The van der Waals surface area contributed by atoms with Gasteiger partial charge in [0.15, 0.2) is 0 Å². The lowest BCUT2D eigenvalue weighted by molar-refractivity contribution is 0.151. The third-order valence-electron chi connectivity index (χ3n) is 2.79. The molecule has 2 aliphatic heterocycles. The van der Waals surface area contributed by atoms with E-state index in [1.807, 2.05) is 0 Å². The first-order valence-electron chi connectivity index (χ1n) is 5.08. The van der Waals surface area contributed by atoms with E-state index in [1.165, 1.54) is 12.1 Å². The number of hydrogen-bond acceptors (Lipinski definition) is 3. The molecule has 0 saturated carbocycles. The van der Waals surface area contributed by atoms with Crippen LogP contribution >= 0.6 is 0 Å². The maximum atomic E-state index is 5.84. The molecule has 0 aromatic heterocycles. The van der Waals surface area contributed by atoms with Gasteiger partial charge >= 0.3 is 0 Å². The molecule has 2 aliphatic rings. The second kappa shape index (κ2) is 4.22. The van der Waals surface area contributed by atoms with Crippen LogP contribution in [0.4, 0.5) is 0 Å². The molecule has 0 aliphatic carbocycles. The van der Waals surface area contributed by atoms with Crippen molar-refractivity contribution in [1.29, 1.82) is 0 Å². The van der Waals surface area contributed by atoms with Crippen LogP contribution in [0, 0.1) is 0 Å². The summed E-state index contributed by atoms with van der Waals surface area (Å²) in [6.45, 7) is 5.04. The van der Waals surface area contributed by atoms with E-state index in [9.17, 15) is 0 Å². The molecule has 13 heavy (non-hydrogen) atoms. The highest BCUT2D eigenvalue weighted by molar-refractivity contribution is 5.07. The van der Waals surface area contributed by atoms with E-state index in [1.54, 1.807) is 0 Å². The minimum atomic E-state index is 0.403. The van der Waals surface area contributed by atoms with Gasteiger partial charge in [0.2, 0.25) is 0 Å². The minimum Gasteiger partial charge on any atom is -0.377 e. The average Bonchev–Trinajstić information content (AvgIpc) is 2.53. The molecule has 0 bridgehead atoms. The molecule has 0 radical (unpaired) electrons. The fraction of sp³-hybridized carbons (Fsp3) is 0.800. The van der Waals surface area contributed by atoms with Crippen molar-refractivity contribution in [2.24, 2.45) is 5.73 Å². The topological polar surface area (TPSA) is 38.5 Å². The van der Waals surface area contributed by atoms with Gasteiger partial charge in [-0.25, -0.2) is 0 Å². The van der Waals surface area contributed by atoms with E-state index < -0.39 is 0 Å². The second-order valence-corrected chi connectivity index (χ2v) is 3.97. The lowest BCUT2D eigenvalue weighted by Crippen LogP contribution is -2.29. The Labute approximate surface area is 79.5 Å². The molecule has 0 amide bonds. The first-order valence-corrected chi connectivity index (χ1v) is 5.08. The molecular weight excluding hydrogens is 164 g/mol. The molecule has 74 valence electrons. The summed E-state index contributed by atoms with van der Waals surface area (Å²) in [5, 5.41) is 0. The van der Waals surface area contributed by atoms with Gasteiger partial charge < -0.3 is 10.5 Å². The molecule has 3 heteroatoms. The van der Waals surface area contributed by atoms with E-state index in [4.69, 9.17) is 10.5 Å².